The Hall–Kier alpha value is -0.830. The zero-order valence-electron chi connectivity index (χ0n) is 9.26. The average Bonchev–Trinajstić information content (AvgIpc) is 2.23. The number of halogens is 2. The molecule has 1 aromatic carbocycles. The van der Waals surface area contributed by atoms with Crippen molar-refractivity contribution in [3.8, 4) is 12.3 Å². The molecule has 0 spiro atoms. The second-order valence-corrected chi connectivity index (χ2v) is 5.32. The van der Waals surface area contributed by atoms with E-state index in [0.29, 0.717) is 5.69 Å². The van der Waals surface area contributed by atoms with Crippen molar-refractivity contribution in [1.29, 1.82) is 0 Å². The van der Waals surface area contributed by atoms with Gasteiger partial charge in [0.15, 0.2) is 0 Å². The first-order chi connectivity index (χ1) is 7.95. The lowest BCUT2D eigenvalue weighted by molar-refractivity contribution is -0.117. The predicted molar refractivity (Wildman–Crippen MR) is 76.6 cm³/mol. The fourth-order valence-electron chi connectivity index (χ4n) is 1.25. The third-order valence-corrected chi connectivity index (χ3v) is 3.36. The number of hydrogen-bond donors (Lipinski definition) is 2. The number of aryl methyl sites for hydroxylation is 1. The van der Waals surface area contributed by atoms with Crippen LogP contribution in [0.4, 0.5) is 5.69 Å². The van der Waals surface area contributed by atoms with Crippen molar-refractivity contribution in [2.75, 3.05) is 5.32 Å². The van der Waals surface area contributed by atoms with Crippen LogP contribution in [0.2, 0.25) is 0 Å². The highest BCUT2D eigenvalue weighted by Gasteiger charge is 2.15. The molecule has 5 heteroatoms. The smallest absolute Gasteiger partial charge is 0.242 e. The van der Waals surface area contributed by atoms with Crippen LogP contribution in [0.15, 0.2) is 21.1 Å². The van der Waals surface area contributed by atoms with Gasteiger partial charge in [0.1, 0.15) is 0 Å². The molecule has 17 heavy (non-hydrogen) atoms. The highest BCUT2D eigenvalue weighted by Crippen LogP contribution is 2.32. The van der Waals surface area contributed by atoms with Crippen LogP contribution in [0.5, 0.6) is 0 Å². The molecule has 1 atom stereocenters. The zero-order chi connectivity index (χ0) is 13.0. The van der Waals surface area contributed by atoms with E-state index in [4.69, 9.17) is 12.2 Å². The molecule has 0 radical (unpaired) electrons. The zero-order valence-corrected chi connectivity index (χ0v) is 12.4. The standard InChI is InChI=1S/C12H12Br2N2O/c1-3-4-10(15)12(17)16-11-8(13)5-7(2)6-9(11)14/h1,5-6,10H,4,15H2,2H3,(H,16,17). The largest absolute Gasteiger partial charge is 0.323 e. The number of nitrogens with two attached hydrogens (primary N) is 1. The Morgan fingerprint density at radius 3 is 2.53 bits per heavy atom. The van der Waals surface area contributed by atoms with Crippen molar-refractivity contribution >= 4 is 43.5 Å². The average molecular weight is 360 g/mol. The number of nitrogens with one attached hydrogen (secondary N) is 1. The summed E-state index contributed by atoms with van der Waals surface area (Å²) in [5.41, 5.74) is 7.36. The van der Waals surface area contributed by atoms with Crippen LogP contribution in [0.3, 0.4) is 0 Å². The van der Waals surface area contributed by atoms with Crippen molar-refractivity contribution in [2.45, 2.75) is 19.4 Å². The number of hydrogen-bond acceptors (Lipinski definition) is 2. The van der Waals surface area contributed by atoms with Crippen LogP contribution in [-0.2, 0) is 4.79 Å². The first-order valence-electron chi connectivity index (χ1n) is 4.91. The maximum Gasteiger partial charge on any atom is 0.242 e. The van der Waals surface area contributed by atoms with E-state index in [1.54, 1.807) is 0 Å². The fraction of sp³-hybridized carbons (Fsp3) is 0.250. The molecule has 1 rings (SSSR count). The molecular weight excluding hydrogens is 348 g/mol. The third-order valence-electron chi connectivity index (χ3n) is 2.11. The summed E-state index contributed by atoms with van der Waals surface area (Å²) in [5.74, 6) is 2.07. The lowest BCUT2D eigenvalue weighted by atomic mass is 10.2. The number of benzene rings is 1. The Morgan fingerprint density at radius 2 is 2.06 bits per heavy atom. The van der Waals surface area contributed by atoms with E-state index in [9.17, 15) is 4.79 Å². The van der Waals surface area contributed by atoms with Crippen molar-refractivity contribution in [3.63, 3.8) is 0 Å². The minimum absolute atomic E-state index is 0.215. The van der Waals surface area contributed by atoms with Crippen molar-refractivity contribution in [3.05, 3.63) is 26.6 Å². The van der Waals surface area contributed by atoms with Gasteiger partial charge in [0.2, 0.25) is 5.91 Å². The van der Waals surface area contributed by atoms with Crippen molar-refractivity contribution in [2.24, 2.45) is 5.73 Å². The van der Waals surface area contributed by atoms with E-state index < -0.39 is 6.04 Å². The van der Waals surface area contributed by atoms with Crippen LogP contribution in [-0.4, -0.2) is 11.9 Å². The van der Waals surface area contributed by atoms with E-state index in [0.717, 1.165) is 14.5 Å². The second-order valence-electron chi connectivity index (χ2n) is 3.61. The molecule has 0 heterocycles. The Bertz CT molecular complexity index is 457. The Kier molecular flexibility index (Phi) is 5.19. The minimum Gasteiger partial charge on any atom is -0.323 e. The quantitative estimate of drug-likeness (QED) is 0.815. The lowest BCUT2D eigenvalue weighted by Gasteiger charge is -2.13. The van der Waals surface area contributed by atoms with E-state index in [1.165, 1.54) is 0 Å². The molecule has 90 valence electrons. The Balaban J connectivity index is 2.90. The maximum atomic E-state index is 11.7. The Morgan fingerprint density at radius 1 is 1.53 bits per heavy atom. The predicted octanol–water partition coefficient (Wildman–Crippen LogP) is 2.81. The Labute approximate surface area is 117 Å². The molecule has 0 saturated carbocycles. The van der Waals surface area contributed by atoms with Gasteiger partial charge in [0.05, 0.1) is 11.7 Å². The van der Waals surface area contributed by atoms with Gasteiger partial charge in [-0.3, -0.25) is 4.79 Å². The first-order valence-corrected chi connectivity index (χ1v) is 6.50. The van der Waals surface area contributed by atoms with Crippen LogP contribution < -0.4 is 11.1 Å². The number of rotatable bonds is 3. The summed E-state index contributed by atoms with van der Waals surface area (Å²) in [7, 11) is 0. The molecule has 0 fully saturated rings. The number of anilines is 1. The summed E-state index contributed by atoms with van der Waals surface area (Å²) >= 11 is 6.78. The summed E-state index contributed by atoms with van der Waals surface area (Å²) in [4.78, 5) is 11.7. The molecule has 3 N–H and O–H groups in total. The topological polar surface area (TPSA) is 55.1 Å². The summed E-state index contributed by atoms with van der Waals surface area (Å²) in [6.45, 7) is 1.96. The molecule has 1 amide bonds. The van der Waals surface area contributed by atoms with Crippen molar-refractivity contribution in [1.82, 2.24) is 0 Å². The van der Waals surface area contributed by atoms with Gasteiger partial charge < -0.3 is 11.1 Å². The molecule has 0 aliphatic heterocycles. The summed E-state index contributed by atoms with van der Waals surface area (Å²) < 4.78 is 1.59. The van der Waals surface area contributed by atoms with Crippen LogP contribution >= 0.6 is 31.9 Å². The van der Waals surface area contributed by atoms with Gasteiger partial charge in [-0.15, -0.1) is 12.3 Å². The van der Waals surface area contributed by atoms with E-state index in [1.807, 2.05) is 19.1 Å². The fourth-order valence-corrected chi connectivity index (χ4v) is 2.87. The minimum atomic E-state index is -0.694. The molecule has 1 unspecified atom stereocenters. The molecule has 0 aromatic heterocycles. The van der Waals surface area contributed by atoms with E-state index in [2.05, 4.69) is 43.1 Å². The number of carbonyl (C=O) groups excluding carboxylic acids is 1. The van der Waals surface area contributed by atoms with Gasteiger partial charge in [-0.1, -0.05) is 0 Å². The highest BCUT2D eigenvalue weighted by molar-refractivity contribution is 9.11. The lowest BCUT2D eigenvalue weighted by Crippen LogP contribution is -2.35. The third kappa shape index (κ3) is 3.84. The molecule has 1 aromatic rings. The van der Waals surface area contributed by atoms with E-state index >= 15 is 0 Å². The monoisotopic (exact) mass is 358 g/mol. The second kappa shape index (κ2) is 6.20. The number of terminal acetylenes is 1. The van der Waals surface area contributed by atoms with Gasteiger partial charge >= 0.3 is 0 Å². The molecule has 0 aliphatic carbocycles. The molecule has 0 bridgehead atoms. The number of amides is 1. The molecule has 0 saturated heterocycles. The molecule has 0 aliphatic rings. The van der Waals surface area contributed by atoms with Crippen molar-refractivity contribution < 1.29 is 4.79 Å². The summed E-state index contributed by atoms with van der Waals surface area (Å²) in [6, 6.07) is 3.13. The molecular formula is C12H12Br2N2O. The highest BCUT2D eigenvalue weighted by atomic mass is 79.9. The van der Waals surface area contributed by atoms with E-state index in [-0.39, 0.29) is 12.3 Å². The first kappa shape index (κ1) is 14.2. The summed E-state index contributed by atoms with van der Waals surface area (Å²) in [6.07, 6.45) is 5.33. The number of carbonyl (C=O) groups is 1. The van der Waals surface area contributed by atoms with Crippen LogP contribution in [0.25, 0.3) is 0 Å². The van der Waals surface area contributed by atoms with Gasteiger partial charge in [-0.25, -0.2) is 0 Å². The van der Waals surface area contributed by atoms with Gasteiger partial charge in [-0.2, -0.15) is 0 Å². The van der Waals surface area contributed by atoms with Gasteiger partial charge in [0, 0.05) is 15.4 Å². The van der Waals surface area contributed by atoms with Gasteiger partial charge in [0.25, 0.3) is 0 Å². The SMILES string of the molecule is C#CCC(N)C(=O)Nc1c(Br)cc(C)cc1Br. The maximum absolute atomic E-state index is 11.7. The summed E-state index contributed by atoms with van der Waals surface area (Å²) in [5, 5.41) is 2.74. The molecule has 3 nitrogen and oxygen atoms in total. The van der Waals surface area contributed by atoms with Gasteiger partial charge in [-0.05, 0) is 56.5 Å². The normalized spacial score (nSPS) is 11.7. The van der Waals surface area contributed by atoms with Crippen LogP contribution in [0, 0.1) is 19.3 Å². The van der Waals surface area contributed by atoms with Crippen LogP contribution in [0.1, 0.15) is 12.0 Å².